The van der Waals surface area contributed by atoms with Gasteiger partial charge in [-0.1, -0.05) is 13.0 Å². The lowest BCUT2D eigenvalue weighted by Gasteiger charge is -2.28. The summed E-state index contributed by atoms with van der Waals surface area (Å²) < 4.78 is 5.34. The number of aliphatic carboxylic acids is 1. The van der Waals surface area contributed by atoms with Crippen molar-refractivity contribution in [3.05, 3.63) is 29.8 Å². The summed E-state index contributed by atoms with van der Waals surface area (Å²) in [4.78, 5) is 36.1. The van der Waals surface area contributed by atoms with E-state index in [1.54, 1.807) is 24.3 Å². The Hall–Kier alpha value is -2.41. The van der Waals surface area contributed by atoms with E-state index in [0.717, 1.165) is 12.8 Å². The van der Waals surface area contributed by atoms with Gasteiger partial charge >= 0.3 is 5.97 Å². The van der Waals surface area contributed by atoms with Gasteiger partial charge in [-0.3, -0.25) is 9.59 Å². The van der Waals surface area contributed by atoms with Crippen LogP contribution in [-0.4, -0.2) is 42.1 Å². The highest BCUT2D eigenvalue weighted by atomic mass is 16.5. The van der Waals surface area contributed by atoms with Crippen LogP contribution in [0.2, 0.25) is 0 Å². The van der Waals surface area contributed by atoms with E-state index in [1.165, 1.54) is 0 Å². The van der Waals surface area contributed by atoms with E-state index in [-0.39, 0.29) is 17.7 Å². The predicted octanol–water partition coefficient (Wildman–Crippen LogP) is 1.89. The maximum absolute atomic E-state index is 12.5. The Kier molecular flexibility index (Phi) is 5.56. The fourth-order valence-electron chi connectivity index (χ4n) is 3.29. The molecule has 3 N–H and O–H groups in total. The van der Waals surface area contributed by atoms with Gasteiger partial charge in [-0.25, -0.2) is 4.79 Å². The molecular weight excluding hydrogens is 336 g/mol. The first kappa shape index (κ1) is 18.4. The number of carboxylic acids is 1. The van der Waals surface area contributed by atoms with Crippen molar-refractivity contribution >= 4 is 23.5 Å². The monoisotopic (exact) mass is 360 g/mol. The number of carboxylic acid groups (broad SMARTS) is 1. The number of amides is 2. The number of ether oxygens (including phenoxy) is 1. The topological polar surface area (TPSA) is 105 Å². The summed E-state index contributed by atoms with van der Waals surface area (Å²) in [6, 6.07) is 5.55. The first-order valence-corrected chi connectivity index (χ1v) is 8.98. The third-order valence-electron chi connectivity index (χ3n) is 5.06. The summed E-state index contributed by atoms with van der Waals surface area (Å²) in [5.74, 6) is -1.40. The van der Waals surface area contributed by atoms with Gasteiger partial charge in [0.2, 0.25) is 5.91 Å². The Morgan fingerprint density at radius 1 is 1.31 bits per heavy atom. The minimum Gasteiger partial charge on any atom is -0.480 e. The second-order valence-electron chi connectivity index (χ2n) is 7.16. The molecule has 2 fully saturated rings. The maximum atomic E-state index is 12.5. The van der Waals surface area contributed by atoms with Gasteiger partial charge in [-0.05, 0) is 43.4 Å². The van der Waals surface area contributed by atoms with E-state index in [9.17, 15) is 19.5 Å². The van der Waals surface area contributed by atoms with Crippen LogP contribution < -0.4 is 10.6 Å². The van der Waals surface area contributed by atoms with Crippen LogP contribution >= 0.6 is 0 Å². The lowest BCUT2D eigenvalue weighted by Crippen LogP contribution is -2.48. The average molecular weight is 360 g/mol. The highest BCUT2D eigenvalue weighted by Gasteiger charge is 2.39. The average Bonchev–Trinajstić information content (AvgIpc) is 3.37. The van der Waals surface area contributed by atoms with E-state index in [0.29, 0.717) is 36.8 Å². The van der Waals surface area contributed by atoms with E-state index in [2.05, 4.69) is 10.6 Å². The second-order valence-corrected chi connectivity index (χ2v) is 7.16. The van der Waals surface area contributed by atoms with E-state index >= 15 is 0 Å². The normalized spacial score (nSPS) is 25.8. The fourth-order valence-corrected chi connectivity index (χ4v) is 3.29. The molecule has 2 amide bonds. The zero-order valence-corrected chi connectivity index (χ0v) is 14.7. The van der Waals surface area contributed by atoms with Gasteiger partial charge in [-0.15, -0.1) is 0 Å². The van der Waals surface area contributed by atoms with Crippen LogP contribution in [-0.2, 0) is 14.3 Å². The Balaban J connectivity index is 1.65. The number of hydrogen-bond acceptors (Lipinski definition) is 4. The number of nitrogens with one attached hydrogen (secondary N) is 2. The van der Waals surface area contributed by atoms with Crippen molar-refractivity contribution in [3.8, 4) is 0 Å². The van der Waals surface area contributed by atoms with Crippen molar-refractivity contribution in [1.29, 1.82) is 0 Å². The van der Waals surface area contributed by atoms with E-state index in [4.69, 9.17) is 4.74 Å². The Bertz CT molecular complexity index is 699. The molecule has 1 heterocycles. The molecule has 0 bridgehead atoms. The summed E-state index contributed by atoms with van der Waals surface area (Å²) in [6.07, 6.45) is 2.37. The fraction of sp³-hybridized carbons (Fsp3) is 0.526. The first-order valence-electron chi connectivity index (χ1n) is 8.98. The minimum absolute atomic E-state index is 0.0372. The van der Waals surface area contributed by atoms with Crippen molar-refractivity contribution in [2.75, 3.05) is 18.5 Å². The van der Waals surface area contributed by atoms with Crippen LogP contribution in [0, 0.1) is 17.8 Å². The Morgan fingerprint density at radius 2 is 2.08 bits per heavy atom. The van der Waals surface area contributed by atoms with Crippen molar-refractivity contribution < 1.29 is 24.2 Å². The molecule has 140 valence electrons. The smallest absolute Gasteiger partial charge is 0.326 e. The van der Waals surface area contributed by atoms with Crippen molar-refractivity contribution in [3.63, 3.8) is 0 Å². The summed E-state index contributed by atoms with van der Waals surface area (Å²) in [5.41, 5.74) is 0.851. The van der Waals surface area contributed by atoms with Gasteiger partial charge in [0.15, 0.2) is 0 Å². The van der Waals surface area contributed by atoms with Crippen LogP contribution in [0.3, 0.4) is 0 Å². The number of carbonyl (C=O) groups is 3. The highest BCUT2D eigenvalue weighted by molar-refractivity contribution is 5.99. The van der Waals surface area contributed by atoms with E-state index < -0.39 is 17.9 Å². The highest BCUT2D eigenvalue weighted by Crippen LogP contribution is 2.38. The Labute approximate surface area is 152 Å². The molecule has 1 aromatic carbocycles. The summed E-state index contributed by atoms with van der Waals surface area (Å²) in [5, 5.41) is 14.9. The molecule has 0 radical (unpaired) electrons. The molecule has 1 aliphatic heterocycles. The molecule has 4 atom stereocenters. The van der Waals surface area contributed by atoms with Crippen molar-refractivity contribution in [2.45, 2.75) is 32.2 Å². The van der Waals surface area contributed by atoms with Crippen LogP contribution in [0.4, 0.5) is 5.69 Å². The third-order valence-corrected chi connectivity index (χ3v) is 5.06. The molecule has 2 aliphatic rings. The largest absolute Gasteiger partial charge is 0.480 e. The molecular formula is C19H24N2O5. The quantitative estimate of drug-likeness (QED) is 0.719. The number of anilines is 1. The zero-order chi connectivity index (χ0) is 18.7. The SMILES string of the molecule is CC1CC1C(=O)Nc1cccc(C(=O)NC(C(=O)O)C2CCCOC2)c1. The summed E-state index contributed by atoms with van der Waals surface area (Å²) in [6.45, 7) is 2.97. The zero-order valence-electron chi connectivity index (χ0n) is 14.7. The van der Waals surface area contributed by atoms with Gasteiger partial charge in [-0.2, -0.15) is 0 Å². The van der Waals surface area contributed by atoms with Gasteiger partial charge < -0.3 is 20.5 Å². The van der Waals surface area contributed by atoms with E-state index in [1.807, 2.05) is 6.92 Å². The molecule has 1 saturated carbocycles. The van der Waals surface area contributed by atoms with Gasteiger partial charge in [0.05, 0.1) is 6.61 Å². The summed E-state index contributed by atoms with van der Waals surface area (Å²) in [7, 11) is 0. The standard InChI is InChI=1S/C19H24N2O5/c1-11-8-15(11)18(23)20-14-6-2-4-12(9-14)17(22)21-16(19(24)25)13-5-3-7-26-10-13/h2,4,6,9,11,13,15-16H,3,5,7-8,10H2,1H3,(H,20,23)(H,21,22)(H,24,25). The molecule has 0 spiro atoms. The molecule has 4 unspecified atom stereocenters. The molecule has 0 aromatic heterocycles. The van der Waals surface area contributed by atoms with Gasteiger partial charge in [0, 0.05) is 29.7 Å². The molecule has 1 aromatic rings. The van der Waals surface area contributed by atoms with Crippen molar-refractivity contribution in [1.82, 2.24) is 5.32 Å². The minimum atomic E-state index is -1.07. The van der Waals surface area contributed by atoms with Crippen molar-refractivity contribution in [2.24, 2.45) is 17.8 Å². The second kappa shape index (κ2) is 7.86. The molecule has 7 nitrogen and oxygen atoms in total. The van der Waals surface area contributed by atoms with Gasteiger partial charge in [0.1, 0.15) is 6.04 Å². The number of rotatable bonds is 6. The predicted molar refractivity (Wildman–Crippen MR) is 94.8 cm³/mol. The molecule has 1 saturated heterocycles. The first-order chi connectivity index (χ1) is 12.5. The number of hydrogen-bond donors (Lipinski definition) is 3. The third kappa shape index (κ3) is 4.40. The van der Waals surface area contributed by atoms with Crippen LogP contribution in [0.25, 0.3) is 0 Å². The lowest BCUT2D eigenvalue weighted by atomic mass is 9.93. The summed E-state index contributed by atoms with van der Waals surface area (Å²) >= 11 is 0. The van der Waals surface area contributed by atoms with Crippen LogP contribution in [0.5, 0.6) is 0 Å². The van der Waals surface area contributed by atoms with Crippen LogP contribution in [0.1, 0.15) is 36.5 Å². The number of benzene rings is 1. The Morgan fingerprint density at radius 3 is 2.69 bits per heavy atom. The molecule has 1 aliphatic carbocycles. The van der Waals surface area contributed by atoms with Crippen LogP contribution in [0.15, 0.2) is 24.3 Å². The lowest BCUT2D eigenvalue weighted by molar-refractivity contribution is -0.142. The number of carbonyl (C=O) groups excluding carboxylic acids is 2. The molecule has 26 heavy (non-hydrogen) atoms. The molecule has 3 rings (SSSR count). The molecule has 7 heteroatoms. The van der Waals surface area contributed by atoms with Gasteiger partial charge in [0.25, 0.3) is 5.91 Å². The maximum Gasteiger partial charge on any atom is 0.326 e.